The lowest BCUT2D eigenvalue weighted by atomic mass is 10.2. The van der Waals surface area contributed by atoms with Gasteiger partial charge in [-0.15, -0.1) is 0 Å². The number of hydrogen-bond acceptors (Lipinski definition) is 4. The van der Waals surface area contributed by atoms with E-state index in [1.807, 2.05) is 30.3 Å². The Balaban J connectivity index is 2.00. The summed E-state index contributed by atoms with van der Waals surface area (Å²) in [5.74, 6) is 0.772. The Bertz CT molecular complexity index is 702. The highest BCUT2D eigenvalue weighted by molar-refractivity contribution is 8.13. The number of ether oxygens (including phenoxy) is 1. The van der Waals surface area contributed by atoms with Crippen molar-refractivity contribution in [3.05, 3.63) is 54.1 Å². The van der Waals surface area contributed by atoms with E-state index in [4.69, 9.17) is 15.4 Å². The largest absolute Gasteiger partial charge is 0.492 e. The van der Waals surface area contributed by atoms with E-state index in [-0.39, 0.29) is 4.90 Å². The second-order valence-electron chi connectivity index (χ2n) is 4.48. The highest BCUT2D eigenvalue weighted by Gasteiger charge is 2.18. The summed E-state index contributed by atoms with van der Waals surface area (Å²) in [5, 5.41) is 3.04. The van der Waals surface area contributed by atoms with E-state index in [0.717, 1.165) is 5.75 Å². The average Bonchev–Trinajstić information content (AvgIpc) is 2.43. The molecule has 0 heterocycles. The van der Waals surface area contributed by atoms with Gasteiger partial charge < -0.3 is 10.1 Å². The van der Waals surface area contributed by atoms with Crippen molar-refractivity contribution in [3.8, 4) is 5.75 Å². The van der Waals surface area contributed by atoms with Gasteiger partial charge in [0.2, 0.25) is 0 Å². The number of rotatable bonds is 6. The average molecular weight is 326 g/mol. The number of nitrogens with one attached hydrogen (secondary N) is 1. The van der Waals surface area contributed by atoms with Crippen molar-refractivity contribution in [2.45, 2.75) is 11.8 Å². The van der Waals surface area contributed by atoms with Gasteiger partial charge in [0.25, 0.3) is 9.05 Å². The maximum Gasteiger partial charge on any atom is 0.263 e. The molecule has 0 aliphatic rings. The first-order valence-corrected chi connectivity index (χ1v) is 8.75. The highest BCUT2D eigenvalue weighted by atomic mass is 35.7. The van der Waals surface area contributed by atoms with Crippen LogP contribution in [0.15, 0.2) is 53.4 Å². The molecule has 0 amide bonds. The van der Waals surface area contributed by atoms with Crippen LogP contribution in [0.1, 0.15) is 5.56 Å². The van der Waals surface area contributed by atoms with Crippen molar-refractivity contribution in [2.24, 2.45) is 0 Å². The van der Waals surface area contributed by atoms with Crippen LogP contribution in [-0.2, 0) is 9.05 Å². The lowest BCUT2D eigenvalue weighted by molar-refractivity contribution is 0.333. The summed E-state index contributed by atoms with van der Waals surface area (Å²) in [5.41, 5.74) is 1.10. The Labute approximate surface area is 129 Å². The predicted octanol–water partition coefficient (Wildman–Crippen LogP) is 3.41. The summed E-state index contributed by atoms with van der Waals surface area (Å²) in [6.45, 7) is 2.60. The molecule has 112 valence electrons. The minimum atomic E-state index is -3.78. The van der Waals surface area contributed by atoms with Gasteiger partial charge in [0.1, 0.15) is 17.3 Å². The molecule has 0 atom stereocenters. The van der Waals surface area contributed by atoms with E-state index < -0.39 is 9.05 Å². The number of anilines is 1. The van der Waals surface area contributed by atoms with Crippen LogP contribution in [0.25, 0.3) is 0 Å². The molecule has 0 unspecified atom stereocenters. The number of para-hydroxylation sites is 1. The molecule has 0 saturated carbocycles. The first kappa shape index (κ1) is 15.7. The lowest BCUT2D eigenvalue weighted by Crippen LogP contribution is -2.13. The van der Waals surface area contributed by atoms with Crippen molar-refractivity contribution < 1.29 is 13.2 Å². The van der Waals surface area contributed by atoms with Gasteiger partial charge in [-0.05, 0) is 30.7 Å². The molecule has 0 fully saturated rings. The molecule has 21 heavy (non-hydrogen) atoms. The van der Waals surface area contributed by atoms with E-state index in [1.165, 1.54) is 0 Å². The van der Waals surface area contributed by atoms with Crippen LogP contribution < -0.4 is 10.1 Å². The zero-order chi connectivity index (χ0) is 15.3. The molecule has 2 rings (SSSR count). The van der Waals surface area contributed by atoms with E-state index in [9.17, 15) is 8.42 Å². The van der Waals surface area contributed by atoms with Crippen LogP contribution in [0, 0.1) is 6.92 Å². The molecule has 0 bridgehead atoms. The Kier molecular flexibility index (Phi) is 5.09. The molecule has 6 heteroatoms. The van der Waals surface area contributed by atoms with E-state index in [0.29, 0.717) is 24.4 Å². The first-order chi connectivity index (χ1) is 9.98. The normalized spacial score (nSPS) is 11.1. The third kappa shape index (κ3) is 4.37. The SMILES string of the molecule is Cc1cccc(NCCOc2ccccc2)c1S(=O)(=O)Cl. The van der Waals surface area contributed by atoms with E-state index in [1.54, 1.807) is 25.1 Å². The van der Waals surface area contributed by atoms with Gasteiger partial charge in [-0.3, -0.25) is 0 Å². The van der Waals surface area contributed by atoms with Crippen molar-refractivity contribution in [1.82, 2.24) is 0 Å². The number of benzene rings is 2. The second-order valence-corrected chi connectivity index (χ2v) is 6.98. The number of halogens is 1. The Morgan fingerprint density at radius 2 is 1.81 bits per heavy atom. The number of aryl methyl sites for hydroxylation is 1. The smallest absolute Gasteiger partial charge is 0.263 e. The van der Waals surface area contributed by atoms with Crippen LogP contribution in [0.4, 0.5) is 5.69 Å². The third-order valence-electron chi connectivity index (χ3n) is 2.89. The van der Waals surface area contributed by atoms with E-state index >= 15 is 0 Å². The molecule has 0 saturated heterocycles. The molecule has 0 aromatic heterocycles. The first-order valence-electron chi connectivity index (χ1n) is 6.44. The van der Waals surface area contributed by atoms with Crippen molar-refractivity contribution >= 4 is 25.4 Å². The van der Waals surface area contributed by atoms with Crippen LogP contribution in [-0.4, -0.2) is 21.6 Å². The van der Waals surface area contributed by atoms with Crippen molar-refractivity contribution in [3.63, 3.8) is 0 Å². The van der Waals surface area contributed by atoms with E-state index in [2.05, 4.69) is 5.32 Å². The van der Waals surface area contributed by atoms with Gasteiger partial charge in [-0.1, -0.05) is 30.3 Å². The lowest BCUT2D eigenvalue weighted by Gasteiger charge is -2.12. The Morgan fingerprint density at radius 1 is 1.10 bits per heavy atom. The van der Waals surface area contributed by atoms with Gasteiger partial charge in [-0.25, -0.2) is 8.42 Å². The topological polar surface area (TPSA) is 55.4 Å². The van der Waals surface area contributed by atoms with Crippen LogP contribution >= 0.6 is 10.7 Å². The van der Waals surface area contributed by atoms with Crippen LogP contribution in [0.5, 0.6) is 5.75 Å². The summed E-state index contributed by atoms with van der Waals surface area (Å²) in [7, 11) is 1.69. The van der Waals surface area contributed by atoms with Gasteiger partial charge >= 0.3 is 0 Å². The summed E-state index contributed by atoms with van der Waals surface area (Å²) in [4.78, 5) is 0.117. The van der Waals surface area contributed by atoms with Crippen molar-refractivity contribution in [2.75, 3.05) is 18.5 Å². The molecular weight excluding hydrogens is 310 g/mol. The third-order valence-corrected chi connectivity index (χ3v) is 4.38. The second kappa shape index (κ2) is 6.83. The molecule has 0 radical (unpaired) electrons. The van der Waals surface area contributed by atoms with Crippen LogP contribution in [0.2, 0.25) is 0 Å². The Hall–Kier alpha value is -1.72. The van der Waals surface area contributed by atoms with Gasteiger partial charge in [0.15, 0.2) is 0 Å². The summed E-state index contributed by atoms with van der Waals surface area (Å²) in [6.07, 6.45) is 0. The Morgan fingerprint density at radius 3 is 2.48 bits per heavy atom. The zero-order valence-corrected chi connectivity index (χ0v) is 13.1. The maximum absolute atomic E-state index is 11.6. The summed E-state index contributed by atoms with van der Waals surface area (Å²) in [6, 6.07) is 14.6. The fraction of sp³-hybridized carbons (Fsp3) is 0.200. The van der Waals surface area contributed by atoms with Crippen molar-refractivity contribution in [1.29, 1.82) is 0 Å². The highest BCUT2D eigenvalue weighted by Crippen LogP contribution is 2.27. The fourth-order valence-electron chi connectivity index (χ4n) is 1.99. The van der Waals surface area contributed by atoms with Crippen LogP contribution in [0.3, 0.4) is 0 Å². The molecule has 0 aliphatic carbocycles. The van der Waals surface area contributed by atoms with Gasteiger partial charge in [0.05, 0.1) is 5.69 Å². The minimum Gasteiger partial charge on any atom is -0.492 e. The molecule has 0 spiro atoms. The monoisotopic (exact) mass is 325 g/mol. The number of hydrogen-bond donors (Lipinski definition) is 1. The molecular formula is C15H16ClNO3S. The van der Waals surface area contributed by atoms with Gasteiger partial charge in [-0.2, -0.15) is 0 Å². The molecule has 2 aromatic rings. The zero-order valence-electron chi connectivity index (χ0n) is 11.5. The van der Waals surface area contributed by atoms with Gasteiger partial charge in [0, 0.05) is 17.2 Å². The molecule has 4 nitrogen and oxygen atoms in total. The molecule has 0 aliphatic heterocycles. The fourth-order valence-corrected chi connectivity index (χ4v) is 3.46. The summed E-state index contributed by atoms with van der Waals surface area (Å²) >= 11 is 0. The molecule has 2 aromatic carbocycles. The standard InChI is InChI=1S/C15H16ClNO3S/c1-12-6-5-9-14(15(12)21(16,18)19)17-10-11-20-13-7-3-2-4-8-13/h2-9,17H,10-11H2,1H3. The predicted molar refractivity (Wildman–Crippen MR) is 84.6 cm³/mol. The quantitative estimate of drug-likeness (QED) is 0.653. The minimum absolute atomic E-state index is 0.117. The summed E-state index contributed by atoms with van der Waals surface area (Å²) < 4.78 is 28.8. The molecule has 1 N–H and O–H groups in total. The maximum atomic E-state index is 11.6.